The SMILES string of the molecule is O=C(CCC1CCCC1)N1CCN(C(=O)[C@H]2C[C@@H]2c2ccco2)CC1. The van der Waals surface area contributed by atoms with Crippen molar-refractivity contribution in [3.63, 3.8) is 0 Å². The molecule has 25 heavy (non-hydrogen) atoms. The van der Waals surface area contributed by atoms with Crippen molar-refractivity contribution in [3.05, 3.63) is 24.2 Å². The van der Waals surface area contributed by atoms with Gasteiger partial charge < -0.3 is 14.2 Å². The lowest BCUT2D eigenvalue weighted by atomic mass is 10.0. The summed E-state index contributed by atoms with van der Waals surface area (Å²) < 4.78 is 5.42. The number of furan rings is 1. The summed E-state index contributed by atoms with van der Waals surface area (Å²) in [5.74, 6) is 2.54. The van der Waals surface area contributed by atoms with E-state index >= 15 is 0 Å². The van der Waals surface area contributed by atoms with Crippen LogP contribution in [0.3, 0.4) is 0 Å². The van der Waals surface area contributed by atoms with Gasteiger partial charge in [-0.15, -0.1) is 0 Å². The molecule has 1 aromatic rings. The first kappa shape index (κ1) is 16.7. The summed E-state index contributed by atoms with van der Waals surface area (Å²) in [5, 5.41) is 0. The maximum Gasteiger partial charge on any atom is 0.226 e. The summed E-state index contributed by atoms with van der Waals surface area (Å²) in [6, 6.07) is 3.84. The summed E-state index contributed by atoms with van der Waals surface area (Å²) in [6.45, 7) is 2.73. The Morgan fingerprint density at radius 3 is 2.48 bits per heavy atom. The number of carbonyl (C=O) groups is 2. The molecule has 0 aromatic carbocycles. The zero-order valence-electron chi connectivity index (χ0n) is 14.9. The Hall–Kier alpha value is -1.78. The Morgan fingerprint density at radius 2 is 1.80 bits per heavy atom. The van der Waals surface area contributed by atoms with Gasteiger partial charge >= 0.3 is 0 Å². The zero-order chi connectivity index (χ0) is 17.2. The lowest BCUT2D eigenvalue weighted by Gasteiger charge is -2.35. The molecule has 0 bridgehead atoms. The number of hydrogen-bond donors (Lipinski definition) is 0. The molecule has 5 nitrogen and oxygen atoms in total. The topological polar surface area (TPSA) is 53.8 Å². The molecule has 2 aliphatic carbocycles. The van der Waals surface area contributed by atoms with Gasteiger partial charge in [-0.1, -0.05) is 25.7 Å². The summed E-state index contributed by atoms with van der Waals surface area (Å²) in [6.07, 6.45) is 9.56. The van der Waals surface area contributed by atoms with Crippen LogP contribution in [0.1, 0.15) is 56.6 Å². The van der Waals surface area contributed by atoms with E-state index < -0.39 is 0 Å². The normalized spacial score (nSPS) is 26.9. The minimum atomic E-state index is 0.0794. The van der Waals surface area contributed by atoms with Crippen molar-refractivity contribution in [3.8, 4) is 0 Å². The Morgan fingerprint density at radius 1 is 1.08 bits per heavy atom. The second-order valence-corrected chi connectivity index (χ2v) is 7.86. The first-order valence-electron chi connectivity index (χ1n) is 9.82. The van der Waals surface area contributed by atoms with Crippen LogP contribution in [0.5, 0.6) is 0 Å². The van der Waals surface area contributed by atoms with Gasteiger partial charge in [0.25, 0.3) is 0 Å². The van der Waals surface area contributed by atoms with Crippen molar-refractivity contribution >= 4 is 11.8 Å². The van der Waals surface area contributed by atoms with Gasteiger partial charge in [0.2, 0.25) is 11.8 Å². The molecule has 2 atom stereocenters. The minimum Gasteiger partial charge on any atom is -0.469 e. The van der Waals surface area contributed by atoms with Crippen LogP contribution < -0.4 is 0 Å². The van der Waals surface area contributed by atoms with Gasteiger partial charge in [0.1, 0.15) is 5.76 Å². The lowest BCUT2D eigenvalue weighted by molar-refractivity contribution is -0.140. The third-order valence-corrected chi connectivity index (χ3v) is 6.20. The number of hydrogen-bond acceptors (Lipinski definition) is 3. The molecule has 2 heterocycles. The first-order chi connectivity index (χ1) is 12.2. The molecule has 0 radical (unpaired) electrons. The van der Waals surface area contributed by atoms with Crippen molar-refractivity contribution in [1.82, 2.24) is 9.80 Å². The summed E-state index contributed by atoms with van der Waals surface area (Å²) >= 11 is 0. The predicted molar refractivity (Wildman–Crippen MR) is 93.9 cm³/mol. The average molecular weight is 344 g/mol. The molecule has 0 N–H and O–H groups in total. The first-order valence-corrected chi connectivity index (χ1v) is 9.82. The van der Waals surface area contributed by atoms with Crippen LogP contribution in [-0.2, 0) is 9.59 Å². The quantitative estimate of drug-likeness (QED) is 0.825. The van der Waals surface area contributed by atoms with Crippen LogP contribution in [0.2, 0.25) is 0 Å². The molecule has 1 aromatic heterocycles. The minimum absolute atomic E-state index is 0.0794. The highest BCUT2D eigenvalue weighted by atomic mass is 16.3. The van der Waals surface area contributed by atoms with Crippen molar-refractivity contribution in [2.45, 2.75) is 50.9 Å². The smallest absolute Gasteiger partial charge is 0.226 e. The summed E-state index contributed by atoms with van der Waals surface area (Å²) in [4.78, 5) is 28.9. The van der Waals surface area contributed by atoms with E-state index in [0.717, 1.165) is 24.5 Å². The van der Waals surface area contributed by atoms with Gasteiger partial charge in [0.15, 0.2) is 0 Å². The second kappa shape index (κ2) is 7.22. The van der Waals surface area contributed by atoms with Gasteiger partial charge in [-0.25, -0.2) is 0 Å². The molecule has 3 aliphatic rings. The van der Waals surface area contributed by atoms with Crippen molar-refractivity contribution < 1.29 is 14.0 Å². The third-order valence-electron chi connectivity index (χ3n) is 6.20. The largest absolute Gasteiger partial charge is 0.469 e. The van der Waals surface area contributed by atoms with E-state index in [-0.39, 0.29) is 23.7 Å². The molecule has 136 valence electrons. The molecule has 0 unspecified atom stereocenters. The molecular formula is C20H28N2O3. The highest BCUT2D eigenvalue weighted by Crippen LogP contribution is 2.48. The molecule has 3 fully saturated rings. The fourth-order valence-electron chi connectivity index (χ4n) is 4.48. The molecule has 4 rings (SSSR count). The maximum absolute atomic E-state index is 12.6. The molecule has 1 aliphatic heterocycles. The molecule has 2 saturated carbocycles. The average Bonchev–Trinajstić information content (AvgIpc) is 3.06. The number of carbonyl (C=O) groups excluding carboxylic acids is 2. The van der Waals surface area contributed by atoms with Gasteiger partial charge in [-0.2, -0.15) is 0 Å². The number of piperazine rings is 1. The van der Waals surface area contributed by atoms with Gasteiger partial charge in [0, 0.05) is 44.4 Å². The summed E-state index contributed by atoms with van der Waals surface area (Å²) in [5.41, 5.74) is 0. The highest BCUT2D eigenvalue weighted by Gasteiger charge is 2.47. The van der Waals surface area contributed by atoms with E-state index in [4.69, 9.17) is 4.42 Å². The Bertz CT molecular complexity index is 598. The Kier molecular flexibility index (Phi) is 4.82. The molecule has 5 heteroatoms. The fraction of sp³-hybridized carbons (Fsp3) is 0.700. The van der Waals surface area contributed by atoms with Crippen LogP contribution in [0.15, 0.2) is 22.8 Å². The van der Waals surface area contributed by atoms with Gasteiger partial charge in [-0.05, 0) is 30.9 Å². The van der Waals surface area contributed by atoms with E-state index in [1.807, 2.05) is 21.9 Å². The zero-order valence-corrected chi connectivity index (χ0v) is 14.9. The van der Waals surface area contributed by atoms with E-state index in [1.54, 1.807) is 6.26 Å². The van der Waals surface area contributed by atoms with Crippen LogP contribution >= 0.6 is 0 Å². The molecule has 2 amide bonds. The second-order valence-electron chi connectivity index (χ2n) is 7.86. The van der Waals surface area contributed by atoms with Crippen LogP contribution in [0.4, 0.5) is 0 Å². The van der Waals surface area contributed by atoms with Crippen LogP contribution in [0, 0.1) is 11.8 Å². The number of amides is 2. The fourth-order valence-corrected chi connectivity index (χ4v) is 4.48. The van der Waals surface area contributed by atoms with E-state index in [1.165, 1.54) is 25.7 Å². The van der Waals surface area contributed by atoms with E-state index in [2.05, 4.69) is 0 Å². The van der Waals surface area contributed by atoms with Crippen LogP contribution in [0.25, 0.3) is 0 Å². The van der Waals surface area contributed by atoms with Crippen molar-refractivity contribution in [2.75, 3.05) is 26.2 Å². The predicted octanol–water partition coefficient (Wildman–Crippen LogP) is 3.02. The summed E-state index contributed by atoms with van der Waals surface area (Å²) in [7, 11) is 0. The van der Waals surface area contributed by atoms with Gasteiger partial charge in [-0.3, -0.25) is 9.59 Å². The third kappa shape index (κ3) is 3.75. The molecular weight excluding hydrogens is 316 g/mol. The molecule has 0 spiro atoms. The number of nitrogens with zero attached hydrogens (tertiary/aromatic N) is 2. The Labute approximate surface area is 149 Å². The molecule has 1 saturated heterocycles. The lowest BCUT2D eigenvalue weighted by Crippen LogP contribution is -2.51. The maximum atomic E-state index is 12.6. The number of rotatable bonds is 5. The van der Waals surface area contributed by atoms with E-state index in [9.17, 15) is 9.59 Å². The van der Waals surface area contributed by atoms with Gasteiger partial charge in [0.05, 0.1) is 6.26 Å². The Balaban J connectivity index is 1.20. The van der Waals surface area contributed by atoms with Crippen molar-refractivity contribution in [1.29, 1.82) is 0 Å². The monoisotopic (exact) mass is 344 g/mol. The van der Waals surface area contributed by atoms with E-state index in [0.29, 0.717) is 32.6 Å². The highest BCUT2D eigenvalue weighted by molar-refractivity contribution is 5.83. The van der Waals surface area contributed by atoms with Crippen LogP contribution in [-0.4, -0.2) is 47.8 Å². The van der Waals surface area contributed by atoms with Crippen molar-refractivity contribution in [2.24, 2.45) is 11.8 Å². The standard InChI is InChI=1S/C20H28N2O3/c23-19(8-7-15-4-1-2-5-15)21-9-11-22(12-10-21)20(24)17-14-16(17)18-6-3-13-25-18/h3,6,13,15-17H,1-2,4-5,7-12,14H2/t16-,17-/m0/s1.